The Kier molecular flexibility index (Phi) is 5.60. The third kappa shape index (κ3) is 5.29. The monoisotopic (exact) mass is 321 g/mol. The minimum absolute atomic E-state index is 0.0185. The minimum Gasteiger partial charge on any atom is -0.370 e. The number of nitrogens with zero attached hydrogens (tertiary/aromatic N) is 2. The number of rotatable bonds is 8. The first-order valence-corrected chi connectivity index (χ1v) is 7.65. The average Bonchev–Trinajstić information content (AvgIpc) is 2.94. The Morgan fingerprint density at radius 1 is 1.48 bits per heavy atom. The van der Waals surface area contributed by atoms with Crippen LogP contribution in [0.1, 0.15) is 19.0 Å². The van der Waals surface area contributed by atoms with Crippen LogP contribution in [0.2, 0.25) is 0 Å². The first-order valence-electron chi connectivity index (χ1n) is 6.77. The molecule has 0 bridgehead atoms. The first kappa shape index (κ1) is 16.3. The van der Waals surface area contributed by atoms with E-state index in [4.69, 9.17) is 4.74 Å². The van der Waals surface area contributed by atoms with Crippen LogP contribution in [0.25, 0.3) is 4.96 Å². The SMILES string of the molecule is CCCNC(COCC(F)(F)F)Cc1cn2ccsc2n1. The van der Waals surface area contributed by atoms with Gasteiger partial charge in [-0.1, -0.05) is 6.92 Å². The van der Waals surface area contributed by atoms with Gasteiger partial charge >= 0.3 is 6.18 Å². The number of hydrogen-bond acceptors (Lipinski definition) is 4. The van der Waals surface area contributed by atoms with Gasteiger partial charge in [-0.15, -0.1) is 11.3 Å². The summed E-state index contributed by atoms with van der Waals surface area (Å²) in [4.78, 5) is 5.33. The van der Waals surface area contributed by atoms with Crippen molar-refractivity contribution >= 4 is 16.3 Å². The smallest absolute Gasteiger partial charge is 0.370 e. The van der Waals surface area contributed by atoms with Gasteiger partial charge in [0, 0.05) is 30.2 Å². The second kappa shape index (κ2) is 7.24. The Bertz CT molecular complexity index is 524. The molecule has 2 rings (SSSR count). The van der Waals surface area contributed by atoms with Crippen LogP contribution < -0.4 is 5.32 Å². The quantitative estimate of drug-likeness (QED) is 0.812. The Hall–Kier alpha value is -1.12. The highest BCUT2D eigenvalue weighted by atomic mass is 32.1. The fourth-order valence-corrected chi connectivity index (χ4v) is 2.70. The zero-order valence-corrected chi connectivity index (χ0v) is 12.5. The molecule has 118 valence electrons. The highest BCUT2D eigenvalue weighted by molar-refractivity contribution is 7.15. The van der Waals surface area contributed by atoms with Crippen LogP contribution >= 0.6 is 11.3 Å². The summed E-state index contributed by atoms with van der Waals surface area (Å²) in [6.07, 6.45) is 0.980. The lowest BCUT2D eigenvalue weighted by molar-refractivity contribution is -0.175. The van der Waals surface area contributed by atoms with Gasteiger partial charge in [0.15, 0.2) is 4.96 Å². The summed E-state index contributed by atoms with van der Waals surface area (Å²) in [5, 5.41) is 5.14. The van der Waals surface area contributed by atoms with Gasteiger partial charge in [0.05, 0.1) is 12.3 Å². The molecule has 0 spiro atoms. The predicted octanol–water partition coefficient (Wildman–Crippen LogP) is 2.89. The van der Waals surface area contributed by atoms with E-state index in [2.05, 4.69) is 10.3 Å². The molecule has 2 heterocycles. The van der Waals surface area contributed by atoms with Crippen molar-refractivity contribution in [1.82, 2.24) is 14.7 Å². The van der Waals surface area contributed by atoms with E-state index >= 15 is 0 Å². The summed E-state index contributed by atoms with van der Waals surface area (Å²) in [6, 6.07) is -0.170. The first-order chi connectivity index (χ1) is 9.98. The summed E-state index contributed by atoms with van der Waals surface area (Å²) < 4.78 is 43.0. The predicted molar refractivity (Wildman–Crippen MR) is 75.7 cm³/mol. The molecule has 1 atom stereocenters. The van der Waals surface area contributed by atoms with Gasteiger partial charge in [-0.25, -0.2) is 4.98 Å². The number of aromatic nitrogens is 2. The summed E-state index contributed by atoms with van der Waals surface area (Å²) in [5.74, 6) is 0. The third-order valence-corrected chi connectivity index (χ3v) is 3.64. The van der Waals surface area contributed by atoms with E-state index in [0.29, 0.717) is 6.42 Å². The van der Waals surface area contributed by atoms with Crippen molar-refractivity contribution in [3.63, 3.8) is 0 Å². The molecule has 1 unspecified atom stereocenters. The van der Waals surface area contributed by atoms with Gasteiger partial charge in [-0.05, 0) is 13.0 Å². The number of thiazole rings is 1. The van der Waals surface area contributed by atoms with E-state index in [1.54, 1.807) is 0 Å². The molecule has 2 aromatic heterocycles. The minimum atomic E-state index is -4.29. The largest absolute Gasteiger partial charge is 0.411 e. The van der Waals surface area contributed by atoms with Crippen molar-refractivity contribution in [3.8, 4) is 0 Å². The van der Waals surface area contributed by atoms with Crippen LogP contribution in [-0.4, -0.2) is 41.4 Å². The topological polar surface area (TPSA) is 38.6 Å². The summed E-state index contributed by atoms with van der Waals surface area (Å²) >= 11 is 1.53. The van der Waals surface area contributed by atoms with Crippen molar-refractivity contribution in [3.05, 3.63) is 23.5 Å². The molecule has 0 radical (unpaired) electrons. The fourth-order valence-electron chi connectivity index (χ4n) is 1.98. The Morgan fingerprint density at radius 2 is 2.29 bits per heavy atom. The number of nitrogens with one attached hydrogen (secondary N) is 1. The Morgan fingerprint density at radius 3 is 2.95 bits per heavy atom. The van der Waals surface area contributed by atoms with Crippen molar-refractivity contribution in [2.75, 3.05) is 19.8 Å². The van der Waals surface area contributed by atoms with Crippen molar-refractivity contribution in [1.29, 1.82) is 0 Å². The molecule has 0 aliphatic carbocycles. The third-order valence-electron chi connectivity index (χ3n) is 2.87. The lowest BCUT2D eigenvalue weighted by Crippen LogP contribution is -2.37. The molecule has 2 aromatic rings. The Labute approximate surface area is 124 Å². The maximum Gasteiger partial charge on any atom is 0.411 e. The second-order valence-corrected chi connectivity index (χ2v) is 5.68. The zero-order chi connectivity index (χ0) is 15.3. The Balaban J connectivity index is 1.90. The van der Waals surface area contributed by atoms with E-state index < -0.39 is 12.8 Å². The second-order valence-electron chi connectivity index (χ2n) is 4.81. The molecule has 0 aliphatic rings. The molecule has 0 amide bonds. The van der Waals surface area contributed by atoms with E-state index in [1.165, 1.54) is 11.3 Å². The summed E-state index contributed by atoms with van der Waals surface area (Å²) in [5.41, 5.74) is 0.853. The molecule has 1 N–H and O–H groups in total. The van der Waals surface area contributed by atoms with Gasteiger partial charge in [0.1, 0.15) is 6.61 Å². The van der Waals surface area contributed by atoms with Gasteiger partial charge in [0.25, 0.3) is 0 Å². The molecule has 0 saturated heterocycles. The molecule has 21 heavy (non-hydrogen) atoms. The molecule has 0 fully saturated rings. The molecular weight excluding hydrogens is 303 g/mol. The maximum absolute atomic E-state index is 12.1. The lowest BCUT2D eigenvalue weighted by Gasteiger charge is -2.18. The number of imidazole rings is 1. The van der Waals surface area contributed by atoms with Crippen molar-refractivity contribution in [2.24, 2.45) is 0 Å². The molecule has 0 aromatic carbocycles. The van der Waals surface area contributed by atoms with Crippen LogP contribution in [0.3, 0.4) is 0 Å². The standard InChI is InChI=1S/C13H18F3N3OS/c1-2-3-17-11(8-20-9-13(14,15)16)6-10-7-19-4-5-21-12(19)18-10/h4-5,7,11,17H,2-3,6,8-9H2,1H3. The van der Waals surface area contributed by atoms with E-state index in [9.17, 15) is 13.2 Å². The maximum atomic E-state index is 12.1. The van der Waals surface area contributed by atoms with E-state index in [-0.39, 0.29) is 12.6 Å². The van der Waals surface area contributed by atoms with Crippen molar-refractivity contribution < 1.29 is 17.9 Å². The number of hydrogen-bond donors (Lipinski definition) is 1. The highest BCUT2D eigenvalue weighted by Gasteiger charge is 2.28. The van der Waals surface area contributed by atoms with Crippen LogP contribution in [0.5, 0.6) is 0 Å². The van der Waals surface area contributed by atoms with Gasteiger partial charge in [-0.2, -0.15) is 13.2 Å². The van der Waals surface area contributed by atoms with Gasteiger partial charge in [0.2, 0.25) is 0 Å². The van der Waals surface area contributed by atoms with Crippen LogP contribution in [0, 0.1) is 0 Å². The molecule has 0 aliphatic heterocycles. The number of halogens is 3. The van der Waals surface area contributed by atoms with Gasteiger partial charge < -0.3 is 10.1 Å². The summed E-state index contributed by atoms with van der Waals surface area (Å²) in [7, 11) is 0. The van der Waals surface area contributed by atoms with E-state index in [0.717, 1.165) is 23.6 Å². The van der Waals surface area contributed by atoms with Crippen LogP contribution in [0.15, 0.2) is 17.8 Å². The zero-order valence-electron chi connectivity index (χ0n) is 11.7. The molecular formula is C13H18F3N3OS. The average molecular weight is 321 g/mol. The van der Waals surface area contributed by atoms with Gasteiger partial charge in [-0.3, -0.25) is 4.40 Å². The molecule has 8 heteroatoms. The highest BCUT2D eigenvalue weighted by Crippen LogP contribution is 2.15. The molecule has 4 nitrogen and oxygen atoms in total. The number of alkyl halides is 3. The molecule has 0 saturated carbocycles. The fraction of sp³-hybridized carbons (Fsp3) is 0.615. The van der Waals surface area contributed by atoms with Crippen LogP contribution in [-0.2, 0) is 11.2 Å². The van der Waals surface area contributed by atoms with Crippen molar-refractivity contribution in [2.45, 2.75) is 32.0 Å². The lowest BCUT2D eigenvalue weighted by atomic mass is 10.1. The van der Waals surface area contributed by atoms with Crippen LogP contribution in [0.4, 0.5) is 13.2 Å². The normalized spacial score (nSPS) is 13.9. The number of ether oxygens (including phenoxy) is 1. The summed E-state index contributed by atoms with van der Waals surface area (Å²) in [6.45, 7) is 1.55. The number of fused-ring (bicyclic) bond motifs is 1. The van der Waals surface area contributed by atoms with E-state index in [1.807, 2.05) is 29.1 Å².